The molecule has 1 rings (SSSR count). The molecule has 1 heterocycles. The van der Waals surface area contributed by atoms with E-state index in [1.165, 1.54) is 4.88 Å². The van der Waals surface area contributed by atoms with Crippen molar-refractivity contribution in [3.05, 3.63) is 15.4 Å². The normalized spacial score (nSPS) is 10.1. The van der Waals surface area contributed by atoms with Gasteiger partial charge in [-0.3, -0.25) is 0 Å². The maximum Gasteiger partial charge on any atom is 0.188 e. The van der Waals surface area contributed by atoms with Gasteiger partial charge in [0.25, 0.3) is 0 Å². The van der Waals surface area contributed by atoms with Crippen LogP contribution in [0.15, 0.2) is 10.5 Å². The average Bonchev–Trinajstić information content (AvgIpc) is 2.64. The summed E-state index contributed by atoms with van der Waals surface area (Å²) in [6, 6.07) is 2.10. The number of thiophene rings is 1. The smallest absolute Gasteiger partial charge is 0.188 e. The van der Waals surface area contributed by atoms with Crippen LogP contribution in [0.1, 0.15) is 24.1 Å². The number of nitrogens with one attached hydrogen (secondary N) is 1. The molecule has 88 valence electrons. The molecule has 1 aromatic rings. The SMILES string of the molecule is C#CCCCCNCc1cc(Br)c(OC)s1. The third kappa shape index (κ3) is 4.56. The Balaban J connectivity index is 2.19. The summed E-state index contributed by atoms with van der Waals surface area (Å²) in [4.78, 5) is 1.28. The van der Waals surface area contributed by atoms with Crippen molar-refractivity contribution in [1.82, 2.24) is 5.32 Å². The summed E-state index contributed by atoms with van der Waals surface area (Å²) in [5.74, 6) is 2.65. The minimum Gasteiger partial charge on any atom is -0.486 e. The molecule has 0 aliphatic heterocycles. The molecule has 0 saturated heterocycles. The van der Waals surface area contributed by atoms with Crippen molar-refractivity contribution >= 4 is 27.3 Å². The van der Waals surface area contributed by atoms with E-state index < -0.39 is 0 Å². The van der Waals surface area contributed by atoms with Gasteiger partial charge < -0.3 is 10.1 Å². The van der Waals surface area contributed by atoms with Crippen molar-refractivity contribution < 1.29 is 4.74 Å². The van der Waals surface area contributed by atoms with Crippen LogP contribution in [0, 0.1) is 12.3 Å². The number of rotatable bonds is 7. The lowest BCUT2D eigenvalue weighted by molar-refractivity contribution is 0.425. The molecule has 1 N–H and O–H groups in total. The molecule has 16 heavy (non-hydrogen) atoms. The van der Waals surface area contributed by atoms with E-state index in [4.69, 9.17) is 11.2 Å². The van der Waals surface area contributed by atoms with Crippen LogP contribution in [0.3, 0.4) is 0 Å². The van der Waals surface area contributed by atoms with Crippen LogP contribution in [0.4, 0.5) is 0 Å². The molecule has 2 nitrogen and oxygen atoms in total. The van der Waals surface area contributed by atoms with Crippen molar-refractivity contribution in [2.75, 3.05) is 13.7 Å². The largest absolute Gasteiger partial charge is 0.486 e. The Morgan fingerprint density at radius 3 is 3.00 bits per heavy atom. The van der Waals surface area contributed by atoms with E-state index in [1.54, 1.807) is 18.4 Å². The summed E-state index contributed by atoms with van der Waals surface area (Å²) in [6.07, 6.45) is 8.29. The van der Waals surface area contributed by atoms with E-state index >= 15 is 0 Å². The second kappa shape index (κ2) is 7.72. The monoisotopic (exact) mass is 301 g/mol. The van der Waals surface area contributed by atoms with Gasteiger partial charge in [0.1, 0.15) is 0 Å². The molecule has 0 bridgehead atoms. The maximum atomic E-state index is 5.21. The molecule has 0 radical (unpaired) electrons. The predicted molar refractivity (Wildman–Crippen MR) is 73.0 cm³/mol. The van der Waals surface area contributed by atoms with Gasteiger partial charge in [0.2, 0.25) is 0 Å². The van der Waals surface area contributed by atoms with Gasteiger partial charge in [0.05, 0.1) is 11.6 Å². The Kier molecular flexibility index (Phi) is 6.55. The van der Waals surface area contributed by atoms with Gasteiger partial charge in [0.15, 0.2) is 5.06 Å². The van der Waals surface area contributed by atoms with Crippen LogP contribution >= 0.6 is 27.3 Å². The summed E-state index contributed by atoms with van der Waals surface area (Å²) in [5, 5.41) is 4.33. The van der Waals surface area contributed by atoms with Crippen molar-refractivity contribution in [3.8, 4) is 17.4 Å². The Morgan fingerprint density at radius 2 is 2.38 bits per heavy atom. The molecular weight excluding hydrogens is 286 g/mol. The molecule has 0 amide bonds. The van der Waals surface area contributed by atoms with Crippen LogP contribution < -0.4 is 10.1 Å². The third-order valence-corrected chi connectivity index (χ3v) is 4.06. The highest BCUT2D eigenvalue weighted by Crippen LogP contribution is 2.34. The Labute approximate surface area is 110 Å². The fourth-order valence-corrected chi connectivity index (χ4v) is 2.97. The van der Waals surface area contributed by atoms with Crippen LogP contribution in [-0.4, -0.2) is 13.7 Å². The number of hydrogen-bond acceptors (Lipinski definition) is 3. The zero-order valence-electron chi connectivity index (χ0n) is 9.38. The fourth-order valence-electron chi connectivity index (χ4n) is 1.31. The summed E-state index contributed by atoms with van der Waals surface area (Å²) >= 11 is 5.12. The molecule has 0 unspecified atom stereocenters. The first-order chi connectivity index (χ1) is 7.77. The molecule has 0 saturated carbocycles. The number of methoxy groups -OCH3 is 1. The highest BCUT2D eigenvalue weighted by atomic mass is 79.9. The molecule has 0 aliphatic carbocycles. The van der Waals surface area contributed by atoms with E-state index in [-0.39, 0.29) is 0 Å². The van der Waals surface area contributed by atoms with Gasteiger partial charge in [-0.05, 0) is 41.4 Å². The zero-order valence-corrected chi connectivity index (χ0v) is 11.8. The Hall–Kier alpha value is -0.500. The first-order valence-electron chi connectivity index (χ1n) is 5.24. The average molecular weight is 302 g/mol. The molecule has 0 atom stereocenters. The highest BCUT2D eigenvalue weighted by molar-refractivity contribution is 9.10. The molecule has 0 fully saturated rings. The van der Waals surface area contributed by atoms with Gasteiger partial charge >= 0.3 is 0 Å². The van der Waals surface area contributed by atoms with E-state index in [0.29, 0.717) is 0 Å². The summed E-state index contributed by atoms with van der Waals surface area (Å²) in [7, 11) is 1.69. The van der Waals surface area contributed by atoms with E-state index in [2.05, 4.69) is 33.2 Å². The third-order valence-electron chi connectivity index (χ3n) is 2.12. The van der Waals surface area contributed by atoms with Gasteiger partial charge in [-0.1, -0.05) is 0 Å². The lowest BCUT2D eigenvalue weighted by atomic mass is 10.2. The van der Waals surface area contributed by atoms with E-state index in [0.717, 1.165) is 41.9 Å². The van der Waals surface area contributed by atoms with Gasteiger partial charge in [-0.25, -0.2) is 0 Å². The maximum absolute atomic E-state index is 5.21. The number of hydrogen-bond donors (Lipinski definition) is 1. The zero-order chi connectivity index (χ0) is 11.8. The first-order valence-corrected chi connectivity index (χ1v) is 6.85. The van der Waals surface area contributed by atoms with Gasteiger partial charge in [0, 0.05) is 17.8 Å². The lowest BCUT2D eigenvalue weighted by Gasteiger charge is -2.01. The number of halogens is 1. The summed E-state index contributed by atoms with van der Waals surface area (Å²) in [5.41, 5.74) is 0. The minimum absolute atomic E-state index is 0.875. The molecular formula is C12H16BrNOS. The lowest BCUT2D eigenvalue weighted by Crippen LogP contribution is -2.13. The second-order valence-corrected chi connectivity index (χ2v) is 5.34. The quantitative estimate of drug-likeness (QED) is 0.615. The number of terminal acetylenes is 1. The topological polar surface area (TPSA) is 21.3 Å². The van der Waals surface area contributed by atoms with Crippen LogP contribution in [0.2, 0.25) is 0 Å². The predicted octanol–water partition coefficient (Wildman–Crippen LogP) is 3.41. The first kappa shape index (κ1) is 13.6. The van der Waals surface area contributed by atoms with Crippen molar-refractivity contribution in [2.45, 2.75) is 25.8 Å². The Morgan fingerprint density at radius 1 is 1.56 bits per heavy atom. The van der Waals surface area contributed by atoms with Crippen molar-refractivity contribution in [2.24, 2.45) is 0 Å². The van der Waals surface area contributed by atoms with Crippen LogP contribution in [0.25, 0.3) is 0 Å². The van der Waals surface area contributed by atoms with Crippen LogP contribution in [-0.2, 0) is 6.54 Å². The molecule has 0 spiro atoms. The van der Waals surface area contributed by atoms with Crippen LogP contribution in [0.5, 0.6) is 5.06 Å². The van der Waals surface area contributed by atoms with E-state index in [9.17, 15) is 0 Å². The summed E-state index contributed by atoms with van der Waals surface area (Å²) in [6.45, 7) is 1.90. The Bertz CT molecular complexity index is 356. The standard InChI is InChI=1S/C12H16BrNOS/c1-3-4-5-6-7-14-9-10-8-11(13)12(15-2)16-10/h1,8,14H,4-7,9H2,2H3. The highest BCUT2D eigenvalue weighted by Gasteiger charge is 2.05. The van der Waals surface area contributed by atoms with Crippen molar-refractivity contribution in [3.63, 3.8) is 0 Å². The summed E-state index contributed by atoms with van der Waals surface area (Å²) < 4.78 is 6.24. The second-order valence-electron chi connectivity index (χ2n) is 3.39. The molecule has 1 aromatic heterocycles. The van der Waals surface area contributed by atoms with E-state index in [1.807, 2.05) is 0 Å². The van der Waals surface area contributed by atoms with Gasteiger partial charge in [-0.15, -0.1) is 23.7 Å². The molecule has 4 heteroatoms. The number of ether oxygens (including phenoxy) is 1. The number of unbranched alkanes of at least 4 members (excludes halogenated alkanes) is 2. The molecule has 0 aromatic carbocycles. The minimum atomic E-state index is 0.875. The fraction of sp³-hybridized carbons (Fsp3) is 0.500. The molecule has 0 aliphatic rings. The van der Waals surface area contributed by atoms with Crippen molar-refractivity contribution in [1.29, 1.82) is 0 Å². The van der Waals surface area contributed by atoms with Gasteiger partial charge in [-0.2, -0.15) is 0 Å².